The Morgan fingerprint density at radius 2 is 2.03 bits per heavy atom. The van der Waals surface area contributed by atoms with Gasteiger partial charge in [0.1, 0.15) is 0 Å². The van der Waals surface area contributed by atoms with Crippen molar-refractivity contribution in [3.05, 3.63) is 29.8 Å². The fourth-order valence-electron chi connectivity index (χ4n) is 3.58. The summed E-state index contributed by atoms with van der Waals surface area (Å²) < 4.78 is 0. The lowest BCUT2D eigenvalue weighted by Gasteiger charge is -2.28. The van der Waals surface area contributed by atoms with E-state index in [1.807, 2.05) is 0 Å². The molecule has 1 heterocycles. The highest BCUT2D eigenvalue weighted by Crippen LogP contribution is 2.17. The first-order valence-electron chi connectivity index (χ1n) is 10.8. The van der Waals surface area contributed by atoms with Crippen LogP contribution in [0.4, 0.5) is 5.69 Å². The van der Waals surface area contributed by atoms with E-state index in [0.717, 1.165) is 49.7 Å². The van der Waals surface area contributed by atoms with Gasteiger partial charge in [0, 0.05) is 38.5 Å². The minimum absolute atomic E-state index is 0.0725. The molecule has 0 bridgehead atoms. The number of piperazine rings is 1. The maximum absolute atomic E-state index is 11.6. The maximum Gasteiger partial charge on any atom is 0.239 e. The van der Waals surface area contributed by atoms with Crippen LogP contribution in [0.3, 0.4) is 0 Å². The van der Waals surface area contributed by atoms with Crippen LogP contribution >= 0.6 is 0 Å². The number of aliphatic hydroxyl groups is 1. The van der Waals surface area contributed by atoms with Crippen molar-refractivity contribution in [1.29, 1.82) is 0 Å². The number of amides is 1. The molecule has 162 valence electrons. The van der Waals surface area contributed by atoms with Gasteiger partial charge in [0.25, 0.3) is 0 Å². The Morgan fingerprint density at radius 1 is 1.28 bits per heavy atom. The van der Waals surface area contributed by atoms with Gasteiger partial charge in [-0.05, 0) is 49.3 Å². The smallest absolute Gasteiger partial charge is 0.239 e. The van der Waals surface area contributed by atoms with Crippen LogP contribution in [0.25, 0.3) is 0 Å². The lowest BCUT2D eigenvalue weighted by atomic mass is 9.94. The van der Waals surface area contributed by atoms with Crippen LogP contribution in [0, 0.1) is 11.8 Å². The number of benzene rings is 1. The fraction of sp³-hybridized carbons (Fsp3) is 0.636. The van der Waals surface area contributed by atoms with E-state index >= 15 is 0 Å². The van der Waals surface area contributed by atoms with Gasteiger partial charge in [-0.3, -0.25) is 4.79 Å². The van der Waals surface area contributed by atoms with Crippen LogP contribution < -0.4 is 20.9 Å². The van der Waals surface area contributed by atoms with Gasteiger partial charge >= 0.3 is 0 Å². The van der Waals surface area contributed by atoms with E-state index in [4.69, 9.17) is 4.99 Å². The zero-order chi connectivity index (χ0) is 21.1. The van der Waals surface area contributed by atoms with Crippen molar-refractivity contribution in [3.63, 3.8) is 0 Å². The Morgan fingerprint density at radius 3 is 2.66 bits per heavy atom. The minimum Gasteiger partial charge on any atom is -0.396 e. The average Bonchev–Trinajstić information content (AvgIpc) is 2.70. The molecule has 7 nitrogen and oxygen atoms in total. The van der Waals surface area contributed by atoms with Gasteiger partial charge in [-0.2, -0.15) is 0 Å². The molecule has 1 aromatic rings. The number of carbonyl (C=O) groups is 1. The van der Waals surface area contributed by atoms with Crippen molar-refractivity contribution in [1.82, 2.24) is 16.0 Å². The van der Waals surface area contributed by atoms with E-state index in [-0.39, 0.29) is 12.5 Å². The number of anilines is 1. The lowest BCUT2D eigenvalue weighted by molar-refractivity contribution is -0.120. The Bertz CT molecular complexity index is 645. The van der Waals surface area contributed by atoms with Crippen LogP contribution in [0.15, 0.2) is 29.3 Å². The van der Waals surface area contributed by atoms with Crippen LogP contribution in [-0.2, 0) is 11.3 Å². The molecule has 0 saturated carbocycles. The number of nitrogens with one attached hydrogen (secondary N) is 3. The Hall–Kier alpha value is -2.28. The highest BCUT2D eigenvalue weighted by molar-refractivity contribution is 5.82. The summed E-state index contributed by atoms with van der Waals surface area (Å²) in [5.74, 6) is 1.92. The van der Waals surface area contributed by atoms with Crippen molar-refractivity contribution < 1.29 is 9.90 Å². The molecule has 1 aliphatic rings. The second-order valence-corrected chi connectivity index (χ2v) is 8.02. The van der Waals surface area contributed by atoms with E-state index in [0.29, 0.717) is 31.5 Å². The molecule has 0 radical (unpaired) electrons. The first-order chi connectivity index (χ1) is 14.0. The molecule has 0 spiro atoms. The number of rotatable bonds is 10. The van der Waals surface area contributed by atoms with Crippen molar-refractivity contribution in [2.24, 2.45) is 16.8 Å². The molecular formula is C22H37N5O2. The highest BCUT2D eigenvalue weighted by atomic mass is 16.3. The minimum atomic E-state index is 0.0725. The number of aliphatic imine (C=N–C) groups is 1. The molecule has 0 aliphatic carbocycles. The normalized spacial score (nSPS) is 16.0. The molecule has 1 saturated heterocycles. The first kappa shape index (κ1) is 23.0. The predicted molar refractivity (Wildman–Crippen MR) is 119 cm³/mol. The van der Waals surface area contributed by atoms with Crippen molar-refractivity contribution in [2.45, 2.75) is 40.2 Å². The summed E-state index contributed by atoms with van der Waals surface area (Å²) in [6.07, 6.45) is 1.89. The van der Waals surface area contributed by atoms with E-state index in [1.54, 1.807) is 0 Å². The van der Waals surface area contributed by atoms with E-state index in [2.05, 4.69) is 65.9 Å². The van der Waals surface area contributed by atoms with Gasteiger partial charge in [0.05, 0.1) is 13.1 Å². The average molecular weight is 404 g/mol. The van der Waals surface area contributed by atoms with Gasteiger partial charge in [-0.1, -0.05) is 26.0 Å². The molecule has 2 rings (SSSR count). The Balaban J connectivity index is 1.92. The van der Waals surface area contributed by atoms with Gasteiger partial charge in [0.2, 0.25) is 5.91 Å². The maximum atomic E-state index is 11.6. The molecule has 1 unspecified atom stereocenters. The van der Waals surface area contributed by atoms with E-state index < -0.39 is 0 Å². The number of carbonyl (C=O) groups excluding carboxylic acids is 1. The number of nitrogens with zero attached hydrogens (tertiary/aromatic N) is 2. The topological polar surface area (TPSA) is 89.0 Å². The molecule has 1 amide bonds. The van der Waals surface area contributed by atoms with Gasteiger partial charge in [-0.15, -0.1) is 0 Å². The quantitative estimate of drug-likeness (QED) is 0.353. The first-order valence-corrected chi connectivity index (χ1v) is 10.8. The zero-order valence-corrected chi connectivity index (χ0v) is 18.1. The lowest BCUT2D eigenvalue weighted by Crippen LogP contribution is -2.47. The van der Waals surface area contributed by atoms with E-state index in [9.17, 15) is 9.90 Å². The number of guanidine groups is 1. The number of hydrogen-bond donors (Lipinski definition) is 4. The second-order valence-electron chi connectivity index (χ2n) is 8.02. The van der Waals surface area contributed by atoms with E-state index in [1.165, 1.54) is 0 Å². The second kappa shape index (κ2) is 12.3. The molecule has 1 atom stereocenters. The van der Waals surface area contributed by atoms with Crippen LogP contribution in [-0.4, -0.2) is 56.3 Å². The Kier molecular flexibility index (Phi) is 9.77. The van der Waals surface area contributed by atoms with Gasteiger partial charge in [-0.25, -0.2) is 4.99 Å². The summed E-state index contributed by atoms with van der Waals surface area (Å²) in [6, 6.07) is 8.26. The summed E-state index contributed by atoms with van der Waals surface area (Å²) in [5.41, 5.74) is 2.19. The summed E-state index contributed by atoms with van der Waals surface area (Å²) in [6.45, 7) is 10.8. The van der Waals surface area contributed by atoms with Crippen molar-refractivity contribution >= 4 is 17.6 Å². The molecule has 1 fully saturated rings. The van der Waals surface area contributed by atoms with Gasteiger partial charge < -0.3 is 26.0 Å². The van der Waals surface area contributed by atoms with Crippen molar-refractivity contribution in [3.8, 4) is 0 Å². The summed E-state index contributed by atoms with van der Waals surface area (Å²) >= 11 is 0. The summed E-state index contributed by atoms with van der Waals surface area (Å²) in [7, 11) is 0. The fourth-order valence-corrected chi connectivity index (χ4v) is 3.58. The third kappa shape index (κ3) is 8.31. The molecule has 4 N–H and O–H groups in total. The molecular weight excluding hydrogens is 366 g/mol. The van der Waals surface area contributed by atoms with Crippen LogP contribution in [0.2, 0.25) is 0 Å². The predicted octanol–water partition coefficient (Wildman–Crippen LogP) is 1.72. The molecule has 7 heteroatoms. The molecule has 0 aromatic heterocycles. The highest BCUT2D eigenvalue weighted by Gasteiger charge is 2.16. The molecule has 1 aromatic carbocycles. The third-order valence-electron chi connectivity index (χ3n) is 5.00. The SMILES string of the molecule is CCNC(=NCc1ccc(N2CCNC(=O)C2)cc1)NCC(CCO)CC(C)C. The summed E-state index contributed by atoms with van der Waals surface area (Å²) in [5, 5.41) is 18.9. The third-order valence-corrected chi connectivity index (χ3v) is 5.00. The number of aliphatic hydroxyl groups excluding tert-OH is 1. The Labute approximate surface area is 175 Å². The summed E-state index contributed by atoms with van der Waals surface area (Å²) in [4.78, 5) is 18.4. The largest absolute Gasteiger partial charge is 0.396 e. The van der Waals surface area contributed by atoms with Crippen LogP contribution in [0.1, 0.15) is 39.2 Å². The van der Waals surface area contributed by atoms with Gasteiger partial charge in [0.15, 0.2) is 5.96 Å². The molecule has 1 aliphatic heterocycles. The number of hydrogen-bond acceptors (Lipinski definition) is 4. The zero-order valence-electron chi connectivity index (χ0n) is 18.1. The molecule has 29 heavy (non-hydrogen) atoms. The monoisotopic (exact) mass is 403 g/mol. The standard InChI is InChI=1S/C22H37N5O2/c1-4-23-22(26-15-19(9-12-28)13-17(2)3)25-14-18-5-7-20(8-6-18)27-11-10-24-21(29)16-27/h5-8,17,19,28H,4,9-16H2,1-3H3,(H,24,29)(H2,23,25,26). The van der Waals surface area contributed by atoms with Crippen LogP contribution in [0.5, 0.6) is 0 Å². The van der Waals surface area contributed by atoms with Crippen molar-refractivity contribution in [2.75, 3.05) is 44.2 Å².